The molecule has 0 amide bonds. The summed E-state index contributed by atoms with van der Waals surface area (Å²) in [4.78, 5) is 37.6. The summed E-state index contributed by atoms with van der Waals surface area (Å²) in [6.45, 7) is 6.56. The zero-order valence-corrected chi connectivity index (χ0v) is 36.7. The fourth-order valence-electron chi connectivity index (χ4n) is 6.82. The molecule has 0 aromatic rings. The van der Waals surface area contributed by atoms with E-state index in [2.05, 4.69) is 45.1 Å². The summed E-state index contributed by atoms with van der Waals surface area (Å²) in [7, 11) is 0. The second-order valence-corrected chi connectivity index (χ2v) is 16.0. The van der Waals surface area contributed by atoms with Crippen LogP contribution in [0.1, 0.15) is 252 Å². The van der Waals surface area contributed by atoms with Crippen LogP contribution in [0.2, 0.25) is 0 Å². The highest BCUT2D eigenvalue weighted by Gasteiger charge is 2.19. The summed E-state index contributed by atoms with van der Waals surface area (Å²) in [5.41, 5.74) is 0. The molecule has 0 rings (SSSR count). The van der Waals surface area contributed by atoms with Crippen molar-refractivity contribution in [2.45, 2.75) is 258 Å². The topological polar surface area (TPSA) is 78.9 Å². The SMILES string of the molecule is CCCCCC/C=C\C/C=C\CCCCCCCCCC(=O)OCC(COC(=O)CCCCCCCC)OC(=O)CCCCCCCCCCCCCCC. The highest BCUT2D eigenvalue weighted by atomic mass is 16.6. The molecule has 6 nitrogen and oxygen atoms in total. The van der Waals surface area contributed by atoms with Crippen molar-refractivity contribution in [3.05, 3.63) is 24.3 Å². The van der Waals surface area contributed by atoms with Crippen molar-refractivity contribution in [1.29, 1.82) is 0 Å². The Balaban J connectivity index is 4.22. The Hall–Kier alpha value is -2.11. The van der Waals surface area contributed by atoms with Crippen LogP contribution in [0.15, 0.2) is 24.3 Å². The number of unbranched alkanes of at least 4 members (excludes halogenated alkanes) is 28. The van der Waals surface area contributed by atoms with E-state index in [1.165, 1.54) is 141 Å². The zero-order chi connectivity index (χ0) is 40.1. The lowest BCUT2D eigenvalue weighted by Crippen LogP contribution is -2.30. The molecule has 322 valence electrons. The lowest BCUT2D eigenvalue weighted by Gasteiger charge is -2.18. The Kier molecular flexibility index (Phi) is 42.9. The van der Waals surface area contributed by atoms with Gasteiger partial charge in [0.25, 0.3) is 0 Å². The molecule has 55 heavy (non-hydrogen) atoms. The molecule has 0 aromatic carbocycles. The third-order valence-corrected chi connectivity index (χ3v) is 10.5. The first-order chi connectivity index (χ1) is 27.0. The minimum Gasteiger partial charge on any atom is -0.462 e. The minimum absolute atomic E-state index is 0.0711. The average molecular weight is 775 g/mol. The van der Waals surface area contributed by atoms with Crippen molar-refractivity contribution in [1.82, 2.24) is 0 Å². The van der Waals surface area contributed by atoms with E-state index >= 15 is 0 Å². The summed E-state index contributed by atoms with van der Waals surface area (Å²) >= 11 is 0. The summed E-state index contributed by atoms with van der Waals surface area (Å²) in [6, 6.07) is 0. The van der Waals surface area contributed by atoms with E-state index < -0.39 is 6.10 Å². The van der Waals surface area contributed by atoms with Crippen LogP contribution in [0.4, 0.5) is 0 Å². The molecule has 0 bridgehead atoms. The monoisotopic (exact) mass is 775 g/mol. The molecule has 1 unspecified atom stereocenters. The van der Waals surface area contributed by atoms with Gasteiger partial charge in [0.15, 0.2) is 6.10 Å². The Bertz CT molecular complexity index is 896. The van der Waals surface area contributed by atoms with Gasteiger partial charge in [-0.15, -0.1) is 0 Å². The number of rotatable bonds is 43. The minimum atomic E-state index is -0.765. The van der Waals surface area contributed by atoms with Crippen molar-refractivity contribution >= 4 is 17.9 Å². The zero-order valence-electron chi connectivity index (χ0n) is 36.7. The first-order valence-corrected chi connectivity index (χ1v) is 23.8. The van der Waals surface area contributed by atoms with Crippen LogP contribution in [0, 0.1) is 0 Å². The van der Waals surface area contributed by atoms with Gasteiger partial charge in [-0.3, -0.25) is 14.4 Å². The molecule has 0 aliphatic carbocycles. The molecule has 0 aliphatic rings. The van der Waals surface area contributed by atoms with Crippen LogP contribution in [0.5, 0.6) is 0 Å². The molecule has 1 atom stereocenters. The predicted octanol–water partition coefficient (Wildman–Crippen LogP) is 15.2. The molecule has 0 N–H and O–H groups in total. The van der Waals surface area contributed by atoms with Crippen molar-refractivity contribution in [3.8, 4) is 0 Å². The van der Waals surface area contributed by atoms with E-state index in [-0.39, 0.29) is 31.1 Å². The van der Waals surface area contributed by atoms with Gasteiger partial charge < -0.3 is 14.2 Å². The maximum atomic E-state index is 12.7. The smallest absolute Gasteiger partial charge is 0.306 e. The second kappa shape index (κ2) is 44.6. The van der Waals surface area contributed by atoms with Gasteiger partial charge in [0.2, 0.25) is 0 Å². The Labute approximate surface area is 341 Å². The molecular formula is C49H90O6. The average Bonchev–Trinajstić information content (AvgIpc) is 3.18. The van der Waals surface area contributed by atoms with Gasteiger partial charge in [0, 0.05) is 19.3 Å². The second-order valence-electron chi connectivity index (χ2n) is 16.0. The van der Waals surface area contributed by atoms with Gasteiger partial charge in [0.1, 0.15) is 13.2 Å². The number of carbonyl (C=O) groups is 3. The summed E-state index contributed by atoms with van der Waals surface area (Å²) < 4.78 is 16.7. The molecule has 0 fully saturated rings. The van der Waals surface area contributed by atoms with Crippen LogP contribution < -0.4 is 0 Å². The number of hydrogen-bond donors (Lipinski definition) is 0. The molecule has 6 heteroatoms. The van der Waals surface area contributed by atoms with Gasteiger partial charge >= 0.3 is 17.9 Å². The van der Waals surface area contributed by atoms with Crippen molar-refractivity contribution in [3.63, 3.8) is 0 Å². The standard InChI is InChI=1S/C49H90O6/c1-4-7-10-13-16-18-20-22-23-24-25-26-28-29-31-33-36-39-42-48(51)54-45-46(44-53-47(50)41-38-35-15-12-9-6-3)55-49(52)43-40-37-34-32-30-27-21-19-17-14-11-8-5-2/h18,20,23-24,46H,4-17,19,21-22,25-45H2,1-3H3/b20-18-,24-23-. The van der Waals surface area contributed by atoms with Gasteiger partial charge in [-0.05, 0) is 51.4 Å². The fourth-order valence-corrected chi connectivity index (χ4v) is 6.82. The highest BCUT2D eigenvalue weighted by molar-refractivity contribution is 5.71. The van der Waals surface area contributed by atoms with E-state index in [0.717, 1.165) is 70.6 Å². The lowest BCUT2D eigenvalue weighted by atomic mass is 10.0. The lowest BCUT2D eigenvalue weighted by molar-refractivity contribution is -0.167. The Morgan fingerprint density at radius 1 is 0.364 bits per heavy atom. The number of carbonyl (C=O) groups excluding carboxylic acids is 3. The number of allylic oxidation sites excluding steroid dienone is 4. The Morgan fingerprint density at radius 2 is 0.655 bits per heavy atom. The van der Waals surface area contributed by atoms with Crippen molar-refractivity contribution < 1.29 is 28.6 Å². The molecule has 0 saturated carbocycles. The largest absolute Gasteiger partial charge is 0.462 e. The van der Waals surface area contributed by atoms with E-state index in [1.54, 1.807) is 0 Å². The normalized spacial score (nSPS) is 12.1. The molecule has 0 aromatic heterocycles. The number of esters is 3. The fraction of sp³-hybridized carbons (Fsp3) is 0.857. The van der Waals surface area contributed by atoms with Crippen LogP contribution >= 0.6 is 0 Å². The summed E-state index contributed by atoms with van der Waals surface area (Å²) in [5, 5.41) is 0. The van der Waals surface area contributed by atoms with Crippen LogP contribution in [0.3, 0.4) is 0 Å². The van der Waals surface area contributed by atoms with Crippen molar-refractivity contribution in [2.75, 3.05) is 13.2 Å². The quantitative estimate of drug-likeness (QED) is 0.0266. The third-order valence-electron chi connectivity index (χ3n) is 10.5. The molecule has 0 saturated heterocycles. The molecular weight excluding hydrogens is 685 g/mol. The third kappa shape index (κ3) is 42.9. The van der Waals surface area contributed by atoms with Gasteiger partial charge in [-0.25, -0.2) is 0 Å². The van der Waals surface area contributed by atoms with Crippen molar-refractivity contribution in [2.24, 2.45) is 0 Å². The van der Waals surface area contributed by atoms with E-state index in [9.17, 15) is 14.4 Å². The number of ether oxygens (including phenoxy) is 3. The van der Waals surface area contributed by atoms with Crippen LogP contribution in [-0.4, -0.2) is 37.2 Å². The van der Waals surface area contributed by atoms with E-state index in [4.69, 9.17) is 14.2 Å². The summed E-state index contributed by atoms with van der Waals surface area (Å²) in [6.07, 6.45) is 48.9. The van der Waals surface area contributed by atoms with Gasteiger partial charge in [-0.2, -0.15) is 0 Å². The highest BCUT2D eigenvalue weighted by Crippen LogP contribution is 2.15. The van der Waals surface area contributed by atoms with E-state index in [0.29, 0.717) is 19.3 Å². The first-order valence-electron chi connectivity index (χ1n) is 23.8. The molecule has 0 heterocycles. The maximum absolute atomic E-state index is 12.7. The van der Waals surface area contributed by atoms with E-state index in [1.807, 2.05) is 0 Å². The number of hydrogen-bond acceptors (Lipinski definition) is 6. The molecule has 0 spiro atoms. The maximum Gasteiger partial charge on any atom is 0.306 e. The predicted molar refractivity (Wildman–Crippen MR) is 233 cm³/mol. The molecule has 0 aliphatic heterocycles. The van der Waals surface area contributed by atoms with Crippen LogP contribution in [0.25, 0.3) is 0 Å². The van der Waals surface area contributed by atoms with Crippen LogP contribution in [-0.2, 0) is 28.6 Å². The Morgan fingerprint density at radius 3 is 1.02 bits per heavy atom. The van der Waals surface area contributed by atoms with Gasteiger partial charge in [0.05, 0.1) is 0 Å². The van der Waals surface area contributed by atoms with Gasteiger partial charge in [-0.1, -0.05) is 206 Å². The summed E-state index contributed by atoms with van der Waals surface area (Å²) in [5.74, 6) is -0.881. The first kappa shape index (κ1) is 52.9. The molecule has 0 radical (unpaired) electrons.